The number of nitrogens with zero attached hydrogens (tertiary/aromatic N) is 3. The van der Waals surface area contributed by atoms with Crippen LogP contribution in [0.1, 0.15) is 18.1 Å². The molecule has 0 atom stereocenters. The molecule has 0 spiro atoms. The summed E-state index contributed by atoms with van der Waals surface area (Å²) in [6, 6.07) is 3.97. The van der Waals surface area contributed by atoms with Crippen LogP contribution in [0.2, 0.25) is 0 Å². The third kappa shape index (κ3) is 2.19. The maximum atomic E-state index is 5.69. The van der Waals surface area contributed by atoms with E-state index >= 15 is 0 Å². The predicted molar refractivity (Wildman–Crippen MR) is 64.2 cm³/mol. The summed E-state index contributed by atoms with van der Waals surface area (Å²) >= 11 is 5.69. The lowest BCUT2D eigenvalue weighted by atomic mass is 10.1. The minimum absolute atomic E-state index is 0.434. The van der Waals surface area contributed by atoms with Crippen LogP contribution in [0.15, 0.2) is 30.7 Å². The number of aromatic nitrogens is 3. The van der Waals surface area contributed by atoms with Crippen molar-refractivity contribution in [2.75, 3.05) is 0 Å². The standard InChI is InChI=1S/C12H12ClN3/c1-2-10-4-3-5-14-11(10)12-15-7-9(6-13)8-16-12/h3-5,7-8H,2,6H2,1H3. The van der Waals surface area contributed by atoms with E-state index in [1.807, 2.05) is 12.1 Å². The zero-order chi connectivity index (χ0) is 11.4. The smallest absolute Gasteiger partial charge is 0.178 e. The highest BCUT2D eigenvalue weighted by Crippen LogP contribution is 2.17. The average Bonchev–Trinajstić information content (AvgIpc) is 2.39. The summed E-state index contributed by atoms with van der Waals surface area (Å²) in [5.41, 5.74) is 2.92. The van der Waals surface area contributed by atoms with Crippen molar-refractivity contribution in [3.05, 3.63) is 41.9 Å². The van der Waals surface area contributed by atoms with Crippen LogP contribution in [0.4, 0.5) is 0 Å². The van der Waals surface area contributed by atoms with Crippen molar-refractivity contribution >= 4 is 11.6 Å². The summed E-state index contributed by atoms with van der Waals surface area (Å²) in [5.74, 6) is 1.09. The quantitative estimate of drug-likeness (QED) is 0.766. The van der Waals surface area contributed by atoms with E-state index in [0.717, 1.165) is 23.2 Å². The Hall–Kier alpha value is -1.48. The molecular formula is C12H12ClN3. The zero-order valence-corrected chi connectivity index (χ0v) is 9.78. The highest BCUT2D eigenvalue weighted by Gasteiger charge is 2.07. The first-order valence-electron chi connectivity index (χ1n) is 5.16. The Kier molecular flexibility index (Phi) is 3.47. The summed E-state index contributed by atoms with van der Waals surface area (Å²) in [4.78, 5) is 12.9. The van der Waals surface area contributed by atoms with E-state index in [1.54, 1.807) is 18.6 Å². The Morgan fingerprint density at radius 2 is 1.94 bits per heavy atom. The molecule has 2 aromatic rings. The number of hydrogen-bond acceptors (Lipinski definition) is 3. The topological polar surface area (TPSA) is 38.7 Å². The van der Waals surface area contributed by atoms with Gasteiger partial charge < -0.3 is 0 Å². The van der Waals surface area contributed by atoms with Crippen LogP contribution in [0.25, 0.3) is 11.5 Å². The fraction of sp³-hybridized carbons (Fsp3) is 0.250. The average molecular weight is 234 g/mol. The molecule has 4 heteroatoms. The Bertz CT molecular complexity index is 468. The van der Waals surface area contributed by atoms with Crippen molar-refractivity contribution in [3.63, 3.8) is 0 Å². The monoisotopic (exact) mass is 233 g/mol. The van der Waals surface area contributed by atoms with E-state index in [9.17, 15) is 0 Å². The molecule has 2 heterocycles. The molecule has 0 saturated carbocycles. The van der Waals surface area contributed by atoms with Crippen LogP contribution < -0.4 is 0 Å². The number of aryl methyl sites for hydroxylation is 1. The first-order valence-corrected chi connectivity index (χ1v) is 5.69. The van der Waals surface area contributed by atoms with Crippen molar-refractivity contribution in [3.8, 4) is 11.5 Å². The largest absolute Gasteiger partial charge is 0.253 e. The molecule has 2 aromatic heterocycles. The number of pyridine rings is 1. The van der Waals surface area contributed by atoms with Crippen LogP contribution in [0.3, 0.4) is 0 Å². The van der Waals surface area contributed by atoms with Crippen molar-refractivity contribution in [1.82, 2.24) is 15.0 Å². The van der Waals surface area contributed by atoms with Crippen molar-refractivity contribution in [2.45, 2.75) is 19.2 Å². The summed E-state index contributed by atoms with van der Waals surface area (Å²) in [6.45, 7) is 2.09. The molecule has 0 fully saturated rings. The van der Waals surface area contributed by atoms with E-state index in [1.165, 1.54) is 0 Å². The Labute approximate surface area is 99.5 Å². The molecule has 0 aliphatic heterocycles. The van der Waals surface area contributed by atoms with Gasteiger partial charge in [0.15, 0.2) is 5.82 Å². The predicted octanol–water partition coefficient (Wildman–Crippen LogP) is 2.84. The number of rotatable bonds is 3. The minimum atomic E-state index is 0.434. The highest BCUT2D eigenvalue weighted by atomic mass is 35.5. The summed E-state index contributed by atoms with van der Waals surface area (Å²) in [6.07, 6.45) is 6.16. The molecule has 0 aliphatic rings. The molecule has 0 amide bonds. The van der Waals surface area contributed by atoms with Gasteiger partial charge in [-0.1, -0.05) is 13.0 Å². The molecule has 3 nitrogen and oxygen atoms in total. The van der Waals surface area contributed by atoms with Crippen molar-refractivity contribution < 1.29 is 0 Å². The van der Waals surface area contributed by atoms with Gasteiger partial charge in [-0.2, -0.15) is 0 Å². The van der Waals surface area contributed by atoms with Crippen LogP contribution in [-0.2, 0) is 12.3 Å². The lowest BCUT2D eigenvalue weighted by molar-refractivity contribution is 1.05. The van der Waals surface area contributed by atoms with Gasteiger partial charge in [0.2, 0.25) is 0 Å². The molecule has 82 valence electrons. The fourth-order valence-corrected chi connectivity index (χ4v) is 1.61. The third-order valence-corrected chi connectivity index (χ3v) is 2.65. The van der Waals surface area contributed by atoms with Crippen molar-refractivity contribution in [2.24, 2.45) is 0 Å². The Balaban J connectivity index is 2.42. The van der Waals surface area contributed by atoms with Crippen molar-refractivity contribution in [1.29, 1.82) is 0 Å². The Morgan fingerprint density at radius 1 is 1.19 bits per heavy atom. The molecule has 0 bridgehead atoms. The lowest BCUT2D eigenvalue weighted by Gasteiger charge is -2.04. The van der Waals surface area contributed by atoms with Gasteiger partial charge in [0.1, 0.15) is 5.69 Å². The van der Waals surface area contributed by atoms with Gasteiger partial charge in [-0.05, 0) is 18.1 Å². The summed E-state index contributed by atoms with van der Waals surface area (Å²) in [7, 11) is 0. The van der Waals surface area contributed by atoms with E-state index in [4.69, 9.17) is 11.6 Å². The molecule has 0 aromatic carbocycles. The first-order chi connectivity index (χ1) is 7.85. The molecule has 0 unspecified atom stereocenters. The molecule has 0 saturated heterocycles. The second-order valence-electron chi connectivity index (χ2n) is 3.41. The highest BCUT2D eigenvalue weighted by molar-refractivity contribution is 6.17. The van der Waals surface area contributed by atoms with E-state index in [0.29, 0.717) is 11.7 Å². The summed E-state index contributed by atoms with van der Waals surface area (Å²) in [5, 5.41) is 0. The van der Waals surface area contributed by atoms with Crippen LogP contribution in [0, 0.1) is 0 Å². The van der Waals surface area contributed by atoms with E-state index in [2.05, 4.69) is 21.9 Å². The van der Waals surface area contributed by atoms with Gasteiger partial charge in [-0.25, -0.2) is 9.97 Å². The molecule has 2 rings (SSSR count). The fourth-order valence-electron chi connectivity index (χ4n) is 1.47. The van der Waals surface area contributed by atoms with Crippen LogP contribution >= 0.6 is 11.6 Å². The maximum absolute atomic E-state index is 5.69. The number of alkyl halides is 1. The molecular weight excluding hydrogens is 222 g/mol. The minimum Gasteiger partial charge on any atom is -0.253 e. The molecule has 0 aliphatic carbocycles. The molecule has 16 heavy (non-hydrogen) atoms. The van der Waals surface area contributed by atoms with E-state index < -0.39 is 0 Å². The van der Waals surface area contributed by atoms with E-state index in [-0.39, 0.29) is 0 Å². The Morgan fingerprint density at radius 3 is 2.56 bits per heavy atom. The zero-order valence-electron chi connectivity index (χ0n) is 9.02. The number of halogens is 1. The molecule has 0 N–H and O–H groups in total. The normalized spacial score (nSPS) is 10.4. The van der Waals surface area contributed by atoms with Crippen LogP contribution in [0.5, 0.6) is 0 Å². The first kappa shape index (κ1) is 11.0. The van der Waals surface area contributed by atoms with Gasteiger partial charge in [0, 0.05) is 24.2 Å². The van der Waals surface area contributed by atoms with Gasteiger partial charge >= 0.3 is 0 Å². The second-order valence-corrected chi connectivity index (χ2v) is 3.68. The maximum Gasteiger partial charge on any atom is 0.178 e. The van der Waals surface area contributed by atoms with Crippen LogP contribution in [-0.4, -0.2) is 15.0 Å². The SMILES string of the molecule is CCc1cccnc1-c1ncc(CCl)cn1. The van der Waals surface area contributed by atoms with Gasteiger partial charge in [-0.15, -0.1) is 11.6 Å². The van der Waals surface area contributed by atoms with Gasteiger partial charge in [0.05, 0.1) is 5.88 Å². The van der Waals surface area contributed by atoms with Gasteiger partial charge in [-0.3, -0.25) is 4.98 Å². The number of hydrogen-bond donors (Lipinski definition) is 0. The van der Waals surface area contributed by atoms with Gasteiger partial charge in [0.25, 0.3) is 0 Å². The third-order valence-electron chi connectivity index (χ3n) is 2.34. The second kappa shape index (κ2) is 5.03. The summed E-state index contributed by atoms with van der Waals surface area (Å²) < 4.78 is 0. The molecule has 0 radical (unpaired) electrons. The lowest BCUT2D eigenvalue weighted by Crippen LogP contribution is -1.96.